The monoisotopic (exact) mass is 262 g/mol. The summed E-state index contributed by atoms with van der Waals surface area (Å²) in [7, 11) is 1.75. The van der Waals surface area contributed by atoms with Crippen LogP contribution >= 0.6 is 12.4 Å². The van der Waals surface area contributed by atoms with Crippen LogP contribution in [0.25, 0.3) is 0 Å². The van der Waals surface area contributed by atoms with Gasteiger partial charge in [-0.3, -0.25) is 4.79 Å². The Morgan fingerprint density at radius 3 is 2.47 bits per heavy atom. The molecule has 2 aliphatic heterocycles. The number of halogens is 1. The Bertz CT molecular complexity index is 237. The Balaban J connectivity index is 0.00000144. The van der Waals surface area contributed by atoms with Crippen LogP contribution in [0.2, 0.25) is 0 Å². The number of carbonyl (C=O) groups is 1. The third kappa shape index (κ3) is 3.83. The first kappa shape index (κ1) is 14.7. The summed E-state index contributed by atoms with van der Waals surface area (Å²) in [6, 6.07) is 0.0767. The summed E-state index contributed by atoms with van der Waals surface area (Å²) in [5, 5.41) is 3.32. The second kappa shape index (κ2) is 7.19. The molecule has 1 N–H and O–H groups in total. The maximum Gasteiger partial charge on any atom is 0.239 e. The number of ether oxygens (including phenoxy) is 1. The Hall–Kier alpha value is -0.320. The molecule has 0 aromatic rings. The summed E-state index contributed by atoms with van der Waals surface area (Å²) in [5.41, 5.74) is 0. The van der Waals surface area contributed by atoms with Gasteiger partial charge in [-0.05, 0) is 32.2 Å². The van der Waals surface area contributed by atoms with Gasteiger partial charge in [0.2, 0.25) is 5.91 Å². The maximum atomic E-state index is 12.2. The first-order valence-corrected chi connectivity index (χ1v) is 6.36. The van der Waals surface area contributed by atoms with Crippen molar-refractivity contribution < 1.29 is 9.53 Å². The zero-order valence-corrected chi connectivity index (χ0v) is 11.3. The number of hydrogen-bond donors (Lipinski definition) is 1. The second-order valence-corrected chi connectivity index (χ2v) is 4.76. The molecule has 17 heavy (non-hydrogen) atoms. The molecule has 2 rings (SSSR count). The van der Waals surface area contributed by atoms with Gasteiger partial charge in [-0.1, -0.05) is 6.42 Å². The van der Waals surface area contributed by atoms with Gasteiger partial charge in [0.15, 0.2) is 0 Å². The second-order valence-electron chi connectivity index (χ2n) is 4.76. The van der Waals surface area contributed by atoms with Crippen LogP contribution in [0.3, 0.4) is 0 Å². The average molecular weight is 263 g/mol. The van der Waals surface area contributed by atoms with Crippen molar-refractivity contribution in [1.29, 1.82) is 0 Å². The van der Waals surface area contributed by atoms with Crippen molar-refractivity contribution in [3.05, 3.63) is 0 Å². The largest absolute Gasteiger partial charge is 0.381 e. The number of rotatable bonds is 2. The lowest BCUT2D eigenvalue weighted by atomic mass is 10.0. The molecule has 2 saturated heterocycles. The predicted molar refractivity (Wildman–Crippen MR) is 69.5 cm³/mol. The zero-order chi connectivity index (χ0) is 11.4. The van der Waals surface area contributed by atoms with Gasteiger partial charge in [0.25, 0.3) is 0 Å². The smallest absolute Gasteiger partial charge is 0.239 e. The summed E-state index contributed by atoms with van der Waals surface area (Å²) >= 11 is 0. The molecule has 0 aliphatic carbocycles. The van der Waals surface area contributed by atoms with E-state index in [2.05, 4.69) is 5.32 Å². The molecule has 0 unspecified atom stereocenters. The van der Waals surface area contributed by atoms with Crippen molar-refractivity contribution in [2.75, 3.05) is 26.7 Å². The summed E-state index contributed by atoms with van der Waals surface area (Å²) in [6.45, 7) is 2.70. The van der Waals surface area contributed by atoms with Crippen LogP contribution in [0, 0.1) is 0 Å². The van der Waals surface area contributed by atoms with Crippen LogP contribution in [0.4, 0.5) is 0 Å². The topological polar surface area (TPSA) is 41.6 Å². The van der Waals surface area contributed by atoms with Crippen molar-refractivity contribution >= 4 is 18.3 Å². The first-order chi connectivity index (χ1) is 7.81. The Kier molecular flexibility index (Phi) is 6.23. The van der Waals surface area contributed by atoms with Gasteiger partial charge in [-0.25, -0.2) is 0 Å². The van der Waals surface area contributed by atoms with Gasteiger partial charge in [0, 0.05) is 20.2 Å². The van der Waals surface area contributed by atoms with Gasteiger partial charge in [-0.2, -0.15) is 0 Å². The van der Waals surface area contributed by atoms with Crippen molar-refractivity contribution in [2.24, 2.45) is 0 Å². The predicted octanol–water partition coefficient (Wildman–Crippen LogP) is 1.19. The minimum absolute atomic E-state index is 0. The van der Waals surface area contributed by atoms with Crippen LogP contribution in [-0.2, 0) is 9.53 Å². The molecule has 1 amide bonds. The molecule has 0 saturated carbocycles. The van der Waals surface area contributed by atoms with Crippen LogP contribution in [0.1, 0.15) is 32.1 Å². The molecule has 4 nitrogen and oxygen atoms in total. The molecule has 0 bridgehead atoms. The fourth-order valence-corrected chi connectivity index (χ4v) is 2.59. The summed E-state index contributed by atoms with van der Waals surface area (Å²) in [5.74, 6) is 0.300. The lowest BCUT2D eigenvalue weighted by Crippen LogP contribution is -2.51. The van der Waals surface area contributed by atoms with Gasteiger partial charge in [0.05, 0.1) is 12.1 Å². The van der Waals surface area contributed by atoms with E-state index in [0.717, 1.165) is 38.9 Å². The Labute approximate surface area is 109 Å². The van der Waals surface area contributed by atoms with E-state index in [9.17, 15) is 4.79 Å². The zero-order valence-electron chi connectivity index (χ0n) is 10.5. The van der Waals surface area contributed by atoms with E-state index < -0.39 is 0 Å². The standard InChI is InChI=1S/C12H22N2O2.ClH/c1-16-10-5-8-14(9-6-10)12(15)11-4-2-3-7-13-11;/h10-11,13H,2-9H2,1H3;1H/t11-;/m1./s1. The maximum absolute atomic E-state index is 12.2. The van der Waals surface area contributed by atoms with E-state index in [1.165, 1.54) is 12.8 Å². The molecule has 0 aromatic heterocycles. The molecule has 100 valence electrons. The van der Waals surface area contributed by atoms with Crippen LogP contribution < -0.4 is 5.32 Å². The minimum Gasteiger partial charge on any atom is -0.381 e. The third-order valence-electron chi connectivity index (χ3n) is 3.70. The molecule has 0 aromatic carbocycles. The van der Waals surface area contributed by atoms with Crippen molar-refractivity contribution in [3.8, 4) is 0 Å². The normalized spacial score (nSPS) is 26.4. The molecule has 1 atom stereocenters. The molecule has 0 spiro atoms. The van der Waals surface area contributed by atoms with Crippen LogP contribution in [0.15, 0.2) is 0 Å². The lowest BCUT2D eigenvalue weighted by Gasteiger charge is -2.35. The number of nitrogens with one attached hydrogen (secondary N) is 1. The Morgan fingerprint density at radius 2 is 1.94 bits per heavy atom. The number of amides is 1. The van der Waals surface area contributed by atoms with Gasteiger partial charge in [0.1, 0.15) is 0 Å². The first-order valence-electron chi connectivity index (χ1n) is 6.36. The fourth-order valence-electron chi connectivity index (χ4n) is 2.59. The van der Waals surface area contributed by atoms with Crippen LogP contribution in [-0.4, -0.2) is 49.7 Å². The Morgan fingerprint density at radius 1 is 1.24 bits per heavy atom. The van der Waals surface area contributed by atoms with E-state index in [4.69, 9.17) is 4.74 Å². The summed E-state index contributed by atoms with van der Waals surface area (Å²) in [6.07, 6.45) is 5.70. The number of methoxy groups -OCH3 is 1. The quantitative estimate of drug-likeness (QED) is 0.813. The summed E-state index contributed by atoms with van der Waals surface area (Å²) in [4.78, 5) is 14.2. The van der Waals surface area contributed by atoms with Crippen LogP contribution in [0.5, 0.6) is 0 Å². The number of piperidine rings is 2. The summed E-state index contributed by atoms with van der Waals surface area (Å²) < 4.78 is 5.31. The van der Waals surface area contributed by atoms with Gasteiger partial charge in [-0.15, -0.1) is 12.4 Å². The molecular weight excluding hydrogens is 240 g/mol. The molecule has 2 aliphatic rings. The number of nitrogens with zero attached hydrogens (tertiary/aromatic N) is 1. The molecule has 0 radical (unpaired) electrons. The molecule has 5 heteroatoms. The molecule has 2 fully saturated rings. The van der Waals surface area contributed by atoms with Crippen molar-refractivity contribution in [3.63, 3.8) is 0 Å². The van der Waals surface area contributed by atoms with E-state index in [0.29, 0.717) is 12.0 Å². The van der Waals surface area contributed by atoms with Crippen molar-refractivity contribution in [2.45, 2.75) is 44.2 Å². The highest BCUT2D eigenvalue weighted by molar-refractivity contribution is 5.85. The van der Waals surface area contributed by atoms with E-state index in [-0.39, 0.29) is 18.4 Å². The number of likely N-dealkylation sites (tertiary alicyclic amines) is 1. The lowest BCUT2D eigenvalue weighted by molar-refractivity contribution is -0.136. The number of hydrogen-bond acceptors (Lipinski definition) is 3. The molecular formula is C12H23ClN2O2. The van der Waals surface area contributed by atoms with Gasteiger partial charge >= 0.3 is 0 Å². The SMILES string of the molecule is COC1CCN(C(=O)[C@H]2CCCCN2)CC1.Cl. The minimum atomic E-state index is 0. The highest BCUT2D eigenvalue weighted by Crippen LogP contribution is 2.16. The van der Waals surface area contributed by atoms with E-state index in [1.54, 1.807) is 7.11 Å². The highest BCUT2D eigenvalue weighted by Gasteiger charge is 2.28. The third-order valence-corrected chi connectivity index (χ3v) is 3.70. The molecule has 2 heterocycles. The average Bonchev–Trinajstić information content (AvgIpc) is 2.39. The fraction of sp³-hybridized carbons (Fsp3) is 0.917. The van der Waals surface area contributed by atoms with Crippen molar-refractivity contribution in [1.82, 2.24) is 10.2 Å². The van der Waals surface area contributed by atoms with E-state index >= 15 is 0 Å². The number of carbonyl (C=O) groups excluding carboxylic acids is 1. The highest BCUT2D eigenvalue weighted by atomic mass is 35.5. The van der Waals surface area contributed by atoms with E-state index in [1.807, 2.05) is 4.90 Å². The van der Waals surface area contributed by atoms with Gasteiger partial charge < -0.3 is 15.0 Å².